The molecule has 4 rings (SSSR count). The number of rotatable bonds is 5. The van der Waals surface area contributed by atoms with Crippen molar-refractivity contribution in [3.8, 4) is 9.88 Å². The molecule has 3 aromatic rings. The normalized spacial score (nSPS) is 17.5. The molecule has 0 radical (unpaired) electrons. The molecule has 1 N–H and O–H groups in total. The molecule has 1 atom stereocenters. The van der Waals surface area contributed by atoms with Gasteiger partial charge in [0.2, 0.25) is 0 Å². The van der Waals surface area contributed by atoms with Crippen molar-refractivity contribution in [3.05, 3.63) is 40.7 Å². The van der Waals surface area contributed by atoms with Gasteiger partial charge in [-0.2, -0.15) is 0 Å². The third kappa shape index (κ3) is 2.97. The van der Waals surface area contributed by atoms with Crippen molar-refractivity contribution >= 4 is 22.7 Å². The summed E-state index contributed by atoms with van der Waals surface area (Å²) in [5.41, 5.74) is 1.13. The Morgan fingerprint density at radius 2 is 2.36 bits per heavy atom. The highest BCUT2D eigenvalue weighted by Crippen LogP contribution is 2.27. The van der Waals surface area contributed by atoms with Gasteiger partial charge in [0.15, 0.2) is 0 Å². The number of hydrogen-bond acceptors (Lipinski definition) is 6. The number of nitrogens with one attached hydrogen (secondary N) is 1. The van der Waals surface area contributed by atoms with Gasteiger partial charge in [0, 0.05) is 31.4 Å². The van der Waals surface area contributed by atoms with E-state index >= 15 is 0 Å². The van der Waals surface area contributed by atoms with Gasteiger partial charge in [-0.3, -0.25) is 0 Å². The third-order valence-corrected chi connectivity index (χ3v) is 5.88. The highest BCUT2D eigenvalue weighted by molar-refractivity contribution is 7.20. The van der Waals surface area contributed by atoms with Crippen LogP contribution in [0.2, 0.25) is 0 Å². The highest BCUT2D eigenvalue weighted by atomic mass is 32.1. The average Bonchev–Trinajstić information content (AvgIpc) is 3.28. The van der Waals surface area contributed by atoms with E-state index in [9.17, 15) is 0 Å². The smallest absolute Gasteiger partial charge is 0.133 e. The lowest BCUT2D eigenvalue weighted by atomic mass is 9.99. The monoisotopic (exact) mass is 331 g/mol. The average molecular weight is 331 g/mol. The van der Waals surface area contributed by atoms with E-state index in [1.807, 2.05) is 6.33 Å². The van der Waals surface area contributed by atoms with Gasteiger partial charge in [0.1, 0.15) is 17.2 Å². The van der Waals surface area contributed by atoms with Crippen LogP contribution in [0.3, 0.4) is 0 Å². The molecule has 7 heteroatoms. The van der Waals surface area contributed by atoms with Crippen LogP contribution in [-0.2, 0) is 19.5 Å². The van der Waals surface area contributed by atoms with Crippen LogP contribution in [0.5, 0.6) is 0 Å². The molecule has 0 spiro atoms. The van der Waals surface area contributed by atoms with E-state index < -0.39 is 0 Å². The van der Waals surface area contributed by atoms with Crippen LogP contribution in [0.15, 0.2) is 29.2 Å². The van der Waals surface area contributed by atoms with E-state index in [0.717, 1.165) is 42.6 Å². The first-order chi connectivity index (χ1) is 10.9. The predicted molar refractivity (Wildman–Crippen MR) is 89.0 cm³/mol. The topological polar surface area (TPSA) is 55.6 Å². The standard InChI is InChI=1S/C15H17N5S2/c1-2-13(21-5-1)15-18-12(9-22-15)7-16-6-11-3-4-14-19-17-10-20(14)8-11/h1-2,5,9-11,16H,3-4,6-8H2. The quantitative estimate of drug-likeness (QED) is 0.781. The molecule has 1 aliphatic rings. The SMILES string of the molecule is c1csc(-c2nc(CNCC3CCc4nncn4C3)cs2)c1. The Morgan fingerprint density at radius 1 is 1.36 bits per heavy atom. The lowest BCUT2D eigenvalue weighted by Gasteiger charge is -2.23. The summed E-state index contributed by atoms with van der Waals surface area (Å²) in [6.45, 7) is 2.88. The summed E-state index contributed by atoms with van der Waals surface area (Å²) in [5.74, 6) is 1.77. The Balaban J connectivity index is 1.29. The zero-order valence-corrected chi connectivity index (χ0v) is 13.7. The lowest BCUT2D eigenvalue weighted by Crippen LogP contribution is -2.29. The van der Waals surface area contributed by atoms with E-state index in [1.165, 1.54) is 11.3 Å². The van der Waals surface area contributed by atoms with Crippen LogP contribution in [0.25, 0.3) is 9.88 Å². The first-order valence-corrected chi connectivity index (χ1v) is 9.20. The molecule has 3 aromatic heterocycles. The first-order valence-electron chi connectivity index (χ1n) is 7.44. The zero-order valence-electron chi connectivity index (χ0n) is 12.1. The largest absolute Gasteiger partial charge is 0.317 e. The van der Waals surface area contributed by atoms with Crippen LogP contribution in [0.1, 0.15) is 17.9 Å². The van der Waals surface area contributed by atoms with E-state index in [2.05, 4.69) is 43.0 Å². The fourth-order valence-corrected chi connectivity index (χ4v) is 4.43. The molecule has 5 nitrogen and oxygen atoms in total. The van der Waals surface area contributed by atoms with E-state index in [1.54, 1.807) is 22.7 Å². The van der Waals surface area contributed by atoms with Gasteiger partial charge in [-0.15, -0.1) is 32.9 Å². The Bertz CT molecular complexity index is 731. The number of thiophene rings is 1. The zero-order chi connectivity index (χ0) is 14.8. The summed E-state index contributed by atoms with van der Waals surface area (Å²) in [6, 6.07) is 4.20. The van der Waals surface area contributed by atoms with Gasteiger partial charge in [-0.05, 0) is 23.8 Å². The lowest BCUT2D eigenvalue weighted by molar-refractivity contribution is 0.347. The van der Waals surface area contributed by atoms with Gasteiger partial charge < -0.3 is 9.88 Å². The molecule has 114 valence electrons. The molecular weight excluding hydrogens is 314 g/mol. The summed E-state index contributed by atoms with van der Waals surface area (Å²) in [5, 5.41) is 17.0. The minimum Gasteiger partial charge on any atom is -0.317 e. The third-order valence-electron chi connectivity index (χ3n) is 3.95. The summed E-state index contributed by atoms with van der Waals surface area (Å²) >= 11 is 3.47. The number of fused-ring (bicyclic) bond motifs is 1. The van der Waals surface area contributed by atoms with Crippen LogP contribution in [-0.4, -0.2) is 26.3 Å². The second-order valence-electron chi connectivity index (χ2n) is 5.56. The van der Waals surface area contributed by atoms with E-state index in [-0.39, 0.29) is 0 Å². The maximum absolute atomic E-state index is 4.70. The molecule has 1 unspecified atom stereocenters. The minimum atomic E-state index is 0.652. The predicted octanol–water partition coefficient (Wildman–Crippen LogP) is 2.82. The van der Waals surface area contributed by atoms with Crippen molar-refractivity contribution in [2.75, 3.05) is 6.54 Å². The van der Waals surface area contributed by atoms with Gasteiger partial charge in [0.25, 0.3) is 0 Å². The van der Waals surface area contributed by atoms with Crippen LogP contribution in [0, 0.1) is 5.92 Å². The Labute approximate surface area is 137 Å². The summed E-state index contributed by atoms with van der Waals surface area (Å²) < 4.78 is 2.17. The summed E-state index contributed by atoms with van der Waals surface area (Å²) in [4.78, 5) is 5.96. The summed E-state index contributed by atoms with van der Waals surface area (Å²) in [7, 11) is 0. The van der Waals surface area contributed by atoms with Gasteiger partial charge >= 0.3 is 0 Å². The number of thiazole rings is 1. The molecule has 0 bridgehead atoms. The molecule has 22 heavy (non-hydrogen) atoms. The van der Waals surface area contributed by atoms with Crippen LogP contribution < -0.4 is 5.32 Å². The Hall–Kier alpha value is -1.57. The van der Waals surface area contributed by atoms with Crippen molar-refractivity contribution in [2.45, 2.75) is 25.9 Å². The Morgan fingerprint density at radius 3 is 3.27 bits per heavy atom. The van der Waals surface area contributed by atoms with Gasteiger partial charge in [-0.1, -0.05) is 6.07 Å². The molecule has 0 aromatic carbocycles. The number of hydrogen-bond donors (Lipinski definition) is 1. The van der Waals surface area contributed by atoms with E-state index in [0.29, 0.717) is 5.92 Å². The molecule has 4 heterocycles. The van der Waals surface area contributed by atoms with Crippen molar-refractivity contribution in [2.24, 2.45) is 5.92 Å². The highest BCUT2D eigenvalue weighted by Gasteiger charge is 2.19. The number of aromatic nitrogens is 4. The number of aryl methyl sites for hydroxylation is 1. The molecule has 0 amide bonds. The second-order valence-corrected chi connectivity index (χ2v) is 7.36. The van der Waals surface area contributed by atoms with Crippen molar-refractivity contribution < 1.29 is 0 Å². The van der Waals surface area contributed by atoms with Gasteiger partial charge in [0.05, 0.1) is 10.6 Å². The van der Waals surface area contributed by atoms with Crippen LogP contribution >= 0.6 is 22.7 Å². The maximum Gasteiger partial charge on any atom is 0.133 e. The molecule has 0 saturated heterocycles. The minimum absolute atomic E-state index is 0.652. The molecule has 1 aliphatic heterocycles. The van der Waals surface area contributed by atoms with Gasteiger partial charge in [-0.25, -0.2) is 4.98 Å². The fourth-order valence-electron chi connectivity index (χ4n) is 2.80. The fraction of sp³-hybridized carbons (Fsp3) is 0.400. The molecular formula is C15H17N5S2. The molecule has 0 saturated carbocycles. The summed E-state index contributed by atoms with van der Waals surface area (Å²) in [6.07, 6.45) is 4.06. The van der Waals surface area contributed by atoms with Crippen molar-refractivity contribution in [3.63, 3.8) is 0 Å². The second kappa shape index (κ2) is 6.28. The Kier molecular flexibility index (Phi) is 4.01. The van der Waals surface area contributed by atoms with Crippen molar-refractivity contribution in [1.29, 1.82) is 0 Å². The maximum atomic E-state index is 4.70. The first kappa shape index (κ1) is 14.0. The van der Waals surface area contributed by atoms with Crippen LogP contribution in [0.4, 0.5) is 0 Å². The molecule has 0 aliphatic carbocycles. The number of nitrogens with zero attached hydrogens (tertiary/aromatic N) is 4. The molecule has 0 fully saturated rings. The van der Waals surface area contributed by atoms with E-state index in [4.69, 9.17) is 4.98 Å². The van der Waals surface area contributed by atoms with Crippen molar-refractivity contribution in [1.82, 2.24) is 25.1 Å².